The summed E-state index contributed by atoms with van der Waals surface area (Å²) >= 11 is 3.45. The Labute approximate surface area is 158 Å². The molecule has 1 aromatic heterocycles. The van der Waals surface area contributed by atoms with Crippen LogP contribution in [-0.4, -0.2) is 26.2 Å². The van der Waals surface area contributed by atoms with Gasteiger partial charge >= 0.3 is 0 Å². The van der Waals surface area contributed by atoms with Gasteiger partial charge in [0.1, 0.15) is 24.5 Å². The number of halogens is 1. The lowest BCUT2D eigenvalue weighted by atomic mass is 10.1. The normalized spacial score (nSPS) is 12.9. The molecule has 1 aliphatic rings. The maximum Gasteiger partial charge on any atom is 0.291 e. The van der Waals surface area contributed by atoms with Crippen LogP contribution in [0, 0.1) is 6.92 Å². The molecule has 2 heterocycles. The maximum absolute atomic E-state index is 12.8. The average Bonchev–Trinajstić information content (AvgIpc) is 2.98. The first-order chi connectivity index (χ1) is 12.6. The van der Waals surface area contributed by atoms with Crippen LogP contribution in [0.5, 0.6) is 17.2 Å². The summed E-state index contributed by atoms with van der Waals surface area (Å²) in [6.07, 6.45) is 0. The van der Waals surface area contributed by atoms with E-state index in [2.05, 4.69) is 21.2 Å². The van der Waals surface area contributed by atoms with Gasteiger partial charge in [0.15, 0.2) is 17.3 Å². The number of benzene rings is 2. The molecule has 0 spiro atoms. The number of aryl methyl sites for hydroxylation is 1. The molecule has 6 nitrogen and oxygen atoms in total. The molecule has 0 atom stereocenters. The van der Waals surface area contributed by atoms with Crippen molar-refractivity contribution in [1.82, 2.24) is 0 Å². The molecule has 3 aromatic rings. The highest BCUT2D eigenvalue weighted by Crippen LogP contribution is 2.38. The van der Waals surface area contributed by atoms with Gasteiger partial charge in [-0.05, 0) is 41.1 Å². The first-order valence-corrected chi connectivity index (χ1v) is 8.84. The van der Waals surface area contributed by atoms with Crippen molar-refractivity contribution in [3.63, 3.8) is 0 Å². The second-order valence-corrected chi connectivity index (χ2v) is 6.70. The summed E-state index contributed by atoms with van der Waals surface area (Å²) < 4.78 is 22.8. The molecule has 7 heteroatoms. The summed E-state index contributed by atoms with van der Waals surface area (Å²) in [5.41, 5.74) is 1.97. The summed E-state index contributed by atoms with van der Waals surface area (Å²) in [4.78, 5) is 12.8. The Bertz CT molecular complexity index is 1010. The van der Waals surface area contributed by atoms with Gasteiger partial charge in [0.2, 0.25) is 0 Å². The Morgan fingerprint density at radius 3 is 2.62 bits per heavy atom. The van der Waals surface area contributed by atoms with E-state index < -0.39 is 0 Å². The molecule has 26 heavy (non-hydrogen) atoms. The van der Waals surface area contributed by atoms with Gasteiger partial charge in [-0.25, -0.2) is 0 Å². The number of methoxy groups -OCH3 is 1. The standard InChI is InChI=1S/C19H16BrNO5/c1-10-12-7-11(23-2)3-4-15(12)26-18(10)19(22)21-14-9-17-16(8-13(14)20)24-5-6-25-17/h3-4,7-9H,5-6H2,1-2H3,(H,21,22). The second-order valence-electron chi connectivity index (χ2n) is 5.85. The molecule has 0 aliphatic carbocycles. The SMILES string of the molecule is COc1ccc2oc(C(=O)Nc3cc4c(cc3Br)OCCO4)c(C)c2c1. The minimum Gasteiger partial charge on any atom is -0.497 e. The van der Waals surface area contributed by atoms with Gasteiger partial charge in [0, 0.05) is 27.6 Å². The Morgan fingerprint density at radius 2 is 1.88 bits per heavy atom. The number of carbonyl (C=O) groups excluding carboxylic acids is 1. The predicted octanol–water partition coefficient (Wildman–Crippen LogP) is 4.54. The minimum absolute atomic E-state index is 0.259. The smallest absolute Gasteiger partial charge is 0.291 e. The van der Waals surface area contributed by atoms with E-state index in [-0.39, 0.29) is 11.7 Å². The van der Waals surface area contributed by atoms with Crippen molar-refractivity contribution >= 4 is 38.5 Å². The van der Waals surface area contributed by atoms with Gasteiger partial charge in [-0.3, -0.25) is 4.79 Å². The summed E-state index contributed by atoms with van der Waals surface area (Å²) in [6.45, 7) is 2.83. The molecule has 1 amide bonds. The molecule has 0 saturated carbocycles. The molecule has 1 N–H and O–H groups in total. The quantitative estimate of drug-likeness (QED) is 0.677. The monoisotopic (exact) mass is 417 g/mol. The zero-order chi connectivity index (χ0) is 18.3. The van der Waals surface area contributed by atoms with E-state index in [1.807, 2.05) is 13.0 Å². The lowest BCUT2D eigenvalue weighted by molar-refractivity contribution is 0.0997. The lowest BCUT2D eigenvalue weighted by Crippen LogP contribution is -2.17. The van der Waals surface area contributed by atoms with E-state index in [1.165, 1.54) is 0 Å². The summed E-state index contributed by atoms with van der Waals surface area (Å²) in [5, 5.41) is 3.70. The lowest BCUT2D eigenvalue weighted by Gasteiger charge is -2.20. The molecule has 0 radical (unpaired) electrons. The first kappa shape index (κ1) is 16.8. The van der Waals surface area contributed by atoms with Gasteiger partial charge in [0.25, 0.3) is 5.91 Å². The molecule has 4 rings (SSSR count). The number of amides is 1. The zero-order valence-electron chi connectivity index (χ0n) is 14.2. The van der Waals surface area contributed by atoms with Crippen molar-refractivity contribution in [1.29, 1.82) is 0 Å². The molecular weight excluding hydrogens is 402 g/mol. The van der Waals surface area contributed by atoms with Crippen LogP contribution in [0.25, 0.3) is 11.0 Å². The fourth-order valence-electron chi connectivity index (χ4n) is 2.88. The Hall–Kier alpha value is -2.67. The van der Waals surface area contributed by atoms with E-state index >= 15 is 0 Å². The van der Waals surface area contributed by atoms with Crippen LogP contribution in [-0.2, 0) is 0 Å². The van der Waals surface area contributed by atoms with Gasteiger partial charge in [-0.2, -0.15) is 0 Å². The molecule has 134 valence electrons. The van der Waals surface area contributed by atoms with Crippen LogP contribution in [0.4, 0.5) is 5.69 Å². The van der Waals surface area contributed by atoms with Gasteiger partial charge in [0.05, 0.1) is 12.8 Å². The highest BCUT2D eigenvalue weighted by atomic mass is 79.9. The fraction of sp³-hybridized carbons (Fsp3) is 0.211. The number of carbonyl (C=O) groups is 1. The fourth-order valence-corrected chi connectivity index (χ4v) is 3.30. The highest BCUT2D eigenvalue weighted by Gasteiger charge is 2.21. The van der Waals surface area contributed by atoms with E-state index in [0.29, 0.717) is 46.2 Å². The Kier molecular flexibility index (Phi) is 4.24. The van der Waals surface area contributed by atoms with Crippen molar-refractivity contribution < 1.29 is 23.4 Å². The van der Waals surface area contributed by atoms with Crippen LogP contribution in [0.3, 0.4) is 0 Å². The number of hydrogen-bond acceptors (Lipinski definition) is 5. The highest BCUT2D eigenvalue weighted by molar-refractivity contribution is 9.10. The molecular formula is C19H16BrNO5. The number of rotatable bonds is 3. The van der Waals surface area contributed by atoms with Gasteiger partial charge in [-0.1, -0.05) is 0 Å². The number of fused-ring (bicyclic) bond motifs is 2. The zero-order valence-corrected chi connectivity index (χ0v) is 15.8. The van der Waals surface area contributed by atoms with E-state index in [1.54, 1.807) is 31.4 Å². The Morgan fingerprint density at radius 1 is 1.15 bits per heavy atom. The van der Waals surface area contributed by atoms with Crippen LogP contribution in [0.15, 0.2) is 39.2 Å². The second kappa shape index (κ2) is 6.57. The molecule has 0 fully saturated rings. The van der Waals surface area contributed by atoms with Crippen molar-refractivity contribution in [2.45, 2.75) is 6.92 Å². The van der Waals surface area contributed by atoms with Crippen LogP contribution >= 0.6 is 15.9 Å². The summed E-state index contributed by atoms with van der Waals surface area (Å²) in [6, 6.07) is 8.95. The third-order valence-electron chi connectivity index (χ3n) is 4.23. The number of hydrogen-bond donors (Lipinski definition) is 1. The number of furan rings is 1. The average molecular weight is 418 g/mol. The van der Waals surface area contributed by atoms with E-state index in [9.17, 15) is 4.79 Å². The minimum atomic E-state index is -0.338. The largest absolute Gasteiger partial charge is 0.497 e. The number of ether oxygens (including phenoxy) is 3. The summed E-state index contributed by atoms with van der Waals surface area (Å²) in [5.74, 6) is 1.88. The van der Waals surface area contributed by atoms with Gasteiger partial charge < -0.3 is 23.9 Å². The number of nitrogens with one attached hydrogen (secondary N) is 1. The summed E-state index contributed by atoms with van der Waals surface area (Å²) in [7, 11) is 1.60. The van der Waals surface area contributed by atoms with E-state index in [0.717, 1.165) is 10.9 Å². The molecule has 0 saturated heterocycles. The van der Waals surface area contributed by atoms with Gasteiger partial charge in [-0.15, -0.1) is 0 Å². The van der Waals surface area contributed by atoms with Crippen LogP contribution in [0.1, 0.15) is 16.1 Å². The van der Waals surface area contributed by atoms with Crippen LogP contribution < -0.4 is 19.5 Å². The molecule has 1 aliphatic heterocycles. The predicted molar refractivity (Wildman–Crippen MR) is 101 cm³/mol. The van der Waals surface area contributed by atoms with Crippen molar-refractivity contribution in [2.75, 3.05) is 25.6 Å². The van der Waals surface area contributed by atoms with Crippen molar-refractivity contribution in [3.8, 4) is 17.2 Å². The molecule has 0 bridgehead atoms. The molecule has 0 unspecified atom stereocenters. The first-order valence-electron chi connectivity index (χ1n) is 8.04. The maximum atomic E-state index is 12.8. The third kappa shape index (κ3) is 2.88. The van der Waals surface area contributed by atoms with Crippen molar-refractivity contribution in [3.05, 3.63) is 46.1 Å². The molecule has 2 aromatic carbocycles. The van der Waals surface area contributed by atoms with E-state index in [4.69, 9.17) is 18.6 Å². The topological polar surface area (TPSA) is 69.9 Å². The van der Waals surface area contributed by atoms with Crippen LogP contribution in [0.2, 0.25) is 0 Å². The Balaban J connectivity index is 1.66. The third-order valence-corrected chi connectivity index (χ3v) is 4.89. The van der Waals surface area contributed by atoms with Crippen molar-refractivity contribution in [2.24, 2.45) is 0 Å². The number of anilines is 1.